The second-order valence-electron chi connectivity index (χ2n) is 2.31. The van der Waals surface area contributed by atoms with Crippen LogP contribution in [0.3, 0.4) is 0 Å². The molecule has 2 aromatic rings. The van der Waals surface area contributed by atoms with Crippen molar-refractivity contribution in [1.29, 1.82) is 0 Å². The number of hydrogen-bond donors (Lipinski definition) is 1. The Kier molecular flexibility index (Phi) is 2.19. The number of aromatic nitrogens is 4. The van der Waals surface area contributed by atoms with Gasteiger partial charge in [-0.05, 0) is 16.7 Å². The zero-order valence-electron chi connectivity index (χ0n) is 6.72. The molecule has 0 saturated carbocycles. The maximum atomic E-state index is 11.3. The van der Waals surface area contributed by atoms with Crippen molar-refractivity contribution in [2.24, 2.45) is 0 Å². The lowest BCUT2D eigenvalue weighted by molar-refractivity contribution is 0.688. The first kappa shape index (κ1) is 8.52. The van der Waals surface area contributed by atoms with Gasteiger partial charge >= 0.3 is 0 Å². The monoisotopic (exact) mass is 214 g/mol. The van der Waals surface area contributed by atoms with E-state index in [4.69, 9.17) is 0 Å². The molecule has 0 aromatic carbocycles. The Balaban J connectivity index is 2.52. The van der Waals surface area contributed by atoms with Gasteiger partial charge in [0.2, 0.25) is 5.82 Å². The Labute approximate surface area is 80.6 Å². The predicted molar refractivity (Wildman–Crippen MR) is 49.8 cm³/mol. The molecule has 0 saturated heterocycles. The van der Waals surface area contributed by atoms with Crippen LogP contribution in [0.2, 0.25) is 0 Å². The van der Waals surface area contributed by atoms with E-state index in [-0.39, 0.29) is 0 Å². The van der Waals surface area contributed by atoms with E-state index in [2.05, 4.69) is 20.6 Å². The minimum Gasteiger partial charge on any atom is -0.254 e. The van der Waals surface area contributed by atoms with Crippen molar-refractivity contribution in [2.75, 3.05) is 6.26 Å². The van der Waals surface area contributed by atoms with Crippen LogP contribution >= 0.6 is 11.3 Å². The van der Waals surface area contributed by atoms with Gasteiger partial charge in [-0.1, -0.05) is 0 Å². The number of hydrogen-bond acceptors (Lipinski definition) is 5. The highest BCUT2D eigenvalue weighted by atomic mass is 32.2. The molecule has 7 heteroatoms. The van der Waals surface area contributed by atoms with Gasteiger partial charge in [-0.3, -0.25) is 4.21 Å². The minimum atomic E-state index is -0.997. The third kappa shape index (κ3) is 1.52. The normalized spacial score (nSPS) is 13.0. The number of nitrogens with one attached hydrogen (secondary N) is 1. The van der Waals surface area contributed by atoms with Crippen molar-refractivity contribution in [2.45, 2.75) is 4.21 Å². The molecule has 0 amide bonds. The molecule has 68 valence electrons. The molecule has 0 aliphatic rings. The molecule has 2 aromatic heterocycles. The number of thiophene rings is 1. The number of H-pyrrole nitrogens is 1. The maximum Gasteiger partial charge on any atom is 0.206 e. The topological polar surface area (TPSA) is 71.5 Å². The summed E-state index contributed by atoms with van der Waals surface area (Å²) in [5, 5.41) is 15.3. The molecular formula is C6H6N4OS2. The summed E-state index contributed by atoms with van der Waals surface area (Å²) in [5.74, 6) is 0.492. The summed E-state index contributed by atoms with van der Waals surface area (Å²) >= 11 is 1.43. The molecule has 0 bridgehead atoms. The molecule has 1 N–H and O–H groups in total. The van der Waals surface area contributed by atoms with E-state index in [0.29, 0.717) is 5.82 Å². The SMILES string of the molecule is CS(=O)c1sccc1-c1nn[nH]n1. The molecule has 5 nitrogen and oxygen atoms in total. The molecule has 0 aliphatic carbocycles. The van der Waals surface area contributed by atoms with Crippen LogP contribution in [0.5, 0.6) is 0 Å². The Morgan fingerprint density at radius 3 is 3.08 bits per heavy atom. The maximum absolute atomic E-state index is 11.3. The Morgan fingerprint density at radius 1 is 1.62 bits per heavy atom. The molecule has 0 fully saturated rings. The average Bonchev–Trinajstić information content (AvgIpc) is 2.74. The van der Waals surface area contributed by atoms with Gasteiger partial charge in [0.05, 0.1) is 16.4 Å². The number of tetrazole rings is 1. The molecule has 2 heterocycles. The van der Waals surface area contributed by atoms with E-state index in [1.165, 1.54) is 11.3 Å². The number of rotatable bonds is 2. The second-order valence-corrected chi connectivity index (χ2v) is 4.80. The van der Waals surface area contributed by atoms with Crippen LogP contribution in [-0.4, -0.2) is 31.1 Å². The molecular weight excluding hydrogens is 208 g/mol. The molecule has 2 rings (SSSR count). The molecule has 0 radical (unpaired) electrons. The standard InChI is InChI=1S/C6H6N4OS2/c1-13(11)6-4(2-3-12-6)5-7-9-10-8-5/h2-3H,1H3,(H,7,8,9,10). The van der Waals surface area contributed by atoms with Crippen LogP contribution in [0.1, 0.15) is 0 Å². The lowest BCUT2D eigenvalue weighted by Crippen LogP contribution is -1.87. The van der Waals surface area contributed by atoms with E-state index in [1.807, 2.05) is 11.4 Å². The average molecular weight is 214 g/mol. The Hall–Kier alpha value is -1.08. The summed E-state index contributed by atoms with van der Waals surface area (Å²) in [7, 11) is -0.997. The zero-order valence-corrected chi connectivity index (χ0v) is 8.35. The van der Waals surface area contributed by atoms with Crippen LogP contribution in [0.4, 0.5) is 0 Å². The summed E-state index contributed by atoms with van der Waals surface area (Å²) in [6.07, 6.45) is 1.63. The highest BCUT2D eigenvalue weighted by molar-refractivity contribution is 7.86. The van der Waals surface area contributed by atoms with E-state index < -0.39 is 10.8 Å². The smallest absolute Gasteiger partial charge is 0.206 e. The molecule has 1 unspecified atom stereocenters. The fourth-order valence-corrected chi connectivity index (χ4v) is 2.75. The first-order chi connectivity index (χ1) is 6.29. The summed E-state index contributed by atoms with van der Waals surface area (Å²) in [6, 6.07) is 1.84. The van der Waals surface area contributed by atoms with Gasteiger partial charge in [-0.2, -0.15) is 5.21 Å². The van der Waals surface area contributed by atoms with Crippen LogP contribution < -0.4 is 0 Å². The van der Waals surface area contributed by atoms with Crippen molar-refractivity contribution in [3.8, 4) is 11.4 Å². The predicted octanol–water partition coefficient (Wildman–Crippen LogP) is 0.666. The van der Waals surface area contributed by atoms with Gasteiger partial charge < -0.3 is 0 Å². The summed E-state index contributed by atoms with van der Waals surface area (Å²) in [6.45, 7) is 0. The van der Waals surface area contributed by atoms with Gasteiger partial charge in [0.15, 0.2) is 0 Å². The lowest BCUT2D eigenvalue weighted by Gasteiger charge is -1.92. The highest BCUT2D eigenvalue weighted by Gasteiger charge is 2.12. The molecule has 0 aliphatic heterocycles. The summed E-state index contributed by atoms with van der Waals surface area (Å²) < 4.78 is 12.0. The quantitative estimate of drug-likeness (QED) is 0.797. The van der Waals surface area contributed by atoms with Gasteiger partial charge in [0.25, 0.3) is 0 Å². The lowest BCUT2D eigenvalue weighted by atomic mass is 10.3. The number of nitrogens with zero attached hydrogens (tertiary/aromatic N) is 3. The Bertz CT molecular complexity index is 422. The van der Waals surface area contributed by atoms with Crippen molar-refractivity contribution in [3.05, 3.63) is 11.4 Å². The summed E-state index contributed by atoms with van der Waals surface area (Å²) in [5.41, 5.74) is 0.791. The highest BCUT2D eigenvalue weighted by Crippen LogP contribution is 2.27. The van der Waals surface area contributed by atoms with Gasteiger partial charge in [0, 0.05) is 6.26 Å². The van der Waals surface area contributed by atoms with Crippen LogP contribution in [-0.2, 0) is 10.8 Å². The van der Waals surface area contributed by atoms with E-state index in [1.54, 1.807) is 6.26 Å². The molecule has 13 heavy (non-hydrogen) atoms. The van der Waals surface area contributed by atoms with E-state index in [9.17, 15) is 4.21 Å². The van der Waals surface area contributed by atoms with Crippen molar-refractivity contribution < 1.29 is 4.21 Å². The third-order valence-corrected chi connectivity index (χ3v) is 3.92. The van der Waals surface area contributed by atoms with Crippen LogP contribution in [0, 0.1) is 0 Å². The fraction of sp³-hybridized carbons (Fsp3) is 0.167. The van der Waals surface area contributed by atoms with Crippen LogP contribution in [0.15, 0.2) is 15.7 Å². The van der Waals surface area contributed by atoms with Crippen molar-refractivity contribution in [3.63, 3.8) is 0 Å². The summed E-state index contributed by atoms with van der Waals surface area (Å²) in [4.78, 5) is 0. The van der Waals surface area contributed by atoms with Gasteiger partial charge in [-0.15, -0.1) is 21.5 Å². The van der Waals surface area contributed by atoms with Crippen molar-refractivity contribution in [1.82, 2.24) is 20.6 Å². The zero-order chi connectivity index (χ0) is 9.26. The van der Waals surface area contributed by atoms with Crippen LogP contribution in [0.25, 0.3) is 11.4 Å². The first-order valence-electron chi connectivity index (χ1n) is 3.44. The molecule has 1 atom stereocenters. The van der Waals surface area contributed by atoms with Gasteiger partial charge in [0.1, 0.15) is 4.21 Å². The van der Waals surface area contributed by atoms with E-state index >= 15 is 0 Å². The fourth-order valence-electron chi connectivity index (χ4n) is 0.960. The number of aromatic amines is 1. The third-order valence-electron chi connectivity index (χ3n) is 1.48. The molecule has 0 spiro atoms. The van der Waals surface area contributed by atoms with Gasteiger partial charge in [-0.25, -0.2) is 0 Å². The Morgan fingerprint density at radius 2 is 2.46 bits per heavy atom. The minimum absolute atomic E-state index is 0.492. The second kappa shape index (κ2) is 3.35. The first-order valence-corrected chi connectivity index (χ1v) is 5.87. The largest absolute Gasteiger partial charge is 0.254 e. The van der Waals surface area contributed by atoms with E-state index in [0.717, 1.165) is 9.77 Å². The van der Waals surface area contributed by atoms with Crippen molar-refractivity contribution >= 4 is 22.1 Å².